The topological polar surface area (TPSA) is 98.2 Å². The summed E-state index contributed by atoms with van der Waals surface area (Å²) in [7, 11) is 0.414. The molecule has 0 fully saturated rings. The maximum atomic E-state index is 13.7. The number of benzene rings is 3. The molecule has 12 heteroatoms. The monoisotopic (exact) mass is 535 g/mol. The van der Waals surface area contributed by atoms with E-state index < -0.39 is 16.4 Å². The highest BCUT2D eigenvalue weighted by Crippen LogP contribution is 2.40. The number of ether oxygens (including phenoxy) is 2. The van der Waals surface area contributed by atoms with Crippen molar-refractivity contribution in [3.8, 4) is 11.5 Å². The minimum absolute atomic E-state index is 0.183. The number of thiazole rings is 1. The van der Waals surface area contributed by atoms with E-state index in [1.54, 1.807) is 36.4 Å². The predicted octanol–water partition coefficient (Wildman–Crippen LogP) is 6.29. The number of aromatic nitrogens is 1. The van der Waals surface area contributed by atoms with Crippen LogP contribution in [0.3, 0.4) is 0 Å². The standard InChI is InChI=1S/C22H15Cl2N3O5S2/c1-31-18-8-5-14(11-19(18)32-2)27(21(28)15-6-3-12(23)9-16(15)24)22-25-17-7-4-13(26-34(29)30)10-20(17)33-22/h3-11H,1-2H3. The number of nitrogens with zero attached hydrogens (tertiary/aromatic N) is 3. The van der Waals surface area contributed by atoms with Crippen molar-refractivity contribution < 1.29 is 22.7 Å². The predicted molar refractivity (Wildman–Crippen MR) is 133 cm³/mol. The Hall–Kier alpha value is -3.18. The molecule has 0 saturated carbocycles. The fraction of sp³-hybridized carbons (Fsp3) is 0.0909. The zero-order valence-corrected chi connectivity index (χ0v) is 20.8. The van der Waals surface area contributed by atoms with E-state index in [0.29, 0.717) is 37.6 Å². The van der Waals surface area contributed by atoms with Gasteiger partial charge in [-0.15, -0.1) is 4.36 Å². The zero-order valence-electron chi connectivity index (χ0n) is 17.7. The Morgan fingerprint density at radius 2 is 1.76 bits per heavy atom. The van der Waals surface area contributed by atoms with Crippen LogP contribution in [-0.4, -0.2) is 33.5 Å². The summed E-state index contributed by atoms with van der Waals surface area (Å²) in [6.07, 6.45) is 0. The second-order valence-corrected chi connectivity index (χ2v) is 9.23. The maximum Gasteiger partial charge on any atom is 0.316 e. The molecule has 8 nitrogen and oxygen atoms in total. The van der Waals surface area contributed by atoms with Crippen molar-refractivity contribution >= 4 is 77.7 Å². The summed E-state index contributed by atoms with van der Waals surface area (Å²) in [6.45, 7) is 0. The maximum absolute atomic E-state index is 13.7. The molecule has 0 spiro atoms. The summed E-state index contributed by atoms with van der Waals surface area (Å²) in [6, 6.07) is 14.3. The quantitative estimate of drug-likeness (QED) is 0.287. The van der Waals surface area contributed by atoms with Crippen LogP contribution in [0.5, 0.6) is 11.5 Å². The summed E-state index contributed by atoms with van der Waals surface area (Å²) < 4.78 is 36.8. The van der Waals surface area contributed by atoms with Crippen LogP contribution in [-0.2, 0) is 10.5 Å². The Labute approximate surface area is 210 Å². The number of hydrogen-bond donors (Lipinski definition) is 0. The first-order valence-corrected chi connectivity index (χ1v) is 12.1. The lowest BCUT2D eigenvalue weighted by Gasteiger charge is -2.22. The van der Waals surface area contributed by atoms with Gasteiger partial charge >= 0.3 is 10.5 Å². The highest BCUT2D eigenvalue weighted by molar-refractivity contribution is 7.61. The number of halogens is 2. The highest BCUT2D eigenvalue weighted by Gasteiger charge is 2.26. The van der Waals surface area contributed by atoms with Crippen molar-refractivity contribution in [3.63, 3.8) is 0 Å². The average molecular weight is 536 g/mol. The third-order valence-corrected chi connectivity index (χ3v) is 6.63. The third kappa shape index (κ3) is 4.85. The molecule has 4 rings (SSSR count). The van der Waals surface area contributed by atoms with Crippen molar-refractivity contribution in [2.24, 2.45) is 4.36 Å². The molecule has 0 radical (unpaired) electrons. The van der Waals surface area contributed by atoms with Crippen LogP contribution in [0.1, 0.15) is 10.4 Å². The van der Waals surface area contributed by atoms with Crippen molar-refractivity contribution in [1.29, 1.82) is 0 Å². The normalized spacial score (nSPS) is 10.7. The fourth-order valence-electron chi connectivity index (χ4n) is 3.20. The molecule has 1 aromatic heterocycles. The van der Waals surface area contributed by atoms with Gasteiger partial charge in [-0.25, -0.2) is 4.98 Å². The SMILES string of the molecule is COc1ccc(N(C(=O)c2ccc(Cl)cc2Cl)c2nc3ccc(N=S(=O)=O)cc3s2)cc1OC. The Morgan fingerprint density at radius 1 is 1.00 bits per heavy atom. The molecule has 174 valence electrons. The fourth-order valence-corrected chi connectivity index (χ4v) is 4.99. The second kappa shape index (κ2) is 9.98. The van der Waals surface area contributed by atoms with Gasteiger partial charge in [0, 0.05) is 11.1 Å². The van der Waals surface area contributed by atoms with Gasteiger partial charge in [0.25, 0.3) is 5.91 Å². The van der Waals surface area contributed by atoms with Crippen LogP contribution in [0.25, 0.3) is 10.2 Å². The van der Waals surface area contributed by atoms with Crippen molar-refractivity contribution in [1.82, 2.24) is 4.98 Å². The molecule has 0 aliphatic rings. The first kappa shape index (κ1) is 24.0. The van der Waals surface area contributed by atoms with Crippen LogP contribution >= 0.6 is 34.5 Å². The summed E-state index contributed by atoms with van der Waals surface area (Å²) in [5.74, 6) is 0.461. The molecule has 0 bridgehead atoms. The molecule has 0 aliphatic heterocycles. The molecule has 1 amide bonds. The van der Waals surface area contributed by atoms with Gasteiger partial charge in [-0.05, 0) is 48.5 Å². The first-order chi connectivity index (χ1) is 16.3. The molecule has 1 heterocycles. The summed E-state index contributed by atoms with van der Waals surface area (Å²) in [5, 5.41) is 0.910. The van der Waals surface area contributed by atoms with E-state index in [1.807, 2.05) is 0 Å². The van der Waals surface area contributed by atoms with Gasteiger partial charge in [-0.3, -0.25) is 9.69 Å². The third-order valence-electron chi connectivity index (χ3n) is 4.72. The Balaban J connectivity index is 1.90. The number of rotatable bonds is 6. The van der Waals surface area contributed by atoms with Gasteiger partial charge in [0.15, 0.2) is 16.6 Å². The summed E-state index contributed by atoms with van der Waals surface area (Å²) in [4.78, 5) is 19.7. The molecule has 0 N–H and O–H groups in total. The Kier molecular flexibility index (Phi) is 7.03. The first-order valence-electron chi connectivity index (χ1n) is 9.54. The minimum atomic E-state index is -2.59. The van der Waals surface area contributed by atoms with E-state index in [-0.39, 0.29) is 16.3 Å². The minimum Gasteiger partial charge on any atom is -0.493 e. The highest BCUT2D eigenvalue weighted by atomic mass is 35.5. The number of carbonyl (C=O) groups is 1. The van der Waals surface area contributed by atoms with E-state index in [9.17, 15) is 13.2 Å². The molecule has 4 aromatic rings. The van der Waals surface area contributed by atoms with Gasteiger partial charge in [0.1, 0.15) is 0 Å². The number of methoxy groups -OCH3 is 2. The van der Waals surface area contributed by atoms with Crippen molar-refractivity contribution in [2.75, 3.05) is 19.1 Å². The molecule has 0 unspecified atom stereocenters. The molecule has 0 atom stereocenters. The van der Waals surface area contributed by atoms with Gasteiger partial charge < -0.3 is 9.47 Å². The number of hydrogen-bond acceptors (Lipinski definition) is 8. The molecule has 3 aromatic carbocycles. The average Bonchev–Trinajstić information content (AvgIpc) is 3.21. The summed E-state index contributed by atoms with van der Waals surface area (Å²) >= 11 is 13.5. The van der Waals surface area contributed by atoms with E-state index in [0.717, 1.165) is 0 Å². The van der Waals surface area contributed by atoms with Crippen LogP contribution in [0.4, 0.5) is 16.5 Å². The number of carbonyl (C=O) groups excluding carboxylic acids is 1. The van der Waals surface area contributed by atoms with E-state index in [1.165, 1.54) is 48.7 Å². The number of anilines is 2. The van der Waals surface area contributed by atoms with E-state index >= 15 is 0 Å². The van der Waals surface area contributed by atoms with Crippen LogP contribution in [0.15, 0.2) is 59.0 Å². The van der Waals surface area contributed by atoms with Gasteiger partial charge in [-0.2, -0.15) is 8.42 Å². The lowest BCUT2D eigenvalue weighted by molar-refractivity contribution is 0.0999. The largest absolute Gasteiger partial charge is 0.493 e. The van der Waals surface area contributed by atoms with E-state index in [4.69, 9.17) is 32.7 Å². The van der Waals surface area contributed by atoms with E-state index in [2.05, 4.69) is 9.35 Å². The van der Waals surface area contributed by atoms with Crippen molar-refractivity contribution in [3.05, 3.63) is 70.2 Å². The Bertz CT molecular complexity index is 1550. The van der Waals surface area contributed by atoms with Crippen LogP contribution < -0.4 is 14.4 Å². The molecular weight excluding hydrogens is 521 g/mol. The molecule has 0 saturated heterocycles. The lowest BCUT2D eigenvalue weighted by atomic mass is 10.1. The lowest BCUT2D eigenvalue weighted by Crippen LogP contribution is -2.26. The zero-order chi connectivity index (χ0) is 24.4. The Morgan fingerprint density at radius 3 is 2.44 bits per heavy atom. The van der Waals surface area contributed by atoms with Gasteiger partial charge in [0.05, 0.1) is 46.4 Å². The molecule has 34 heavy (non-hydrogen) atoms. The molecule has 0 aliphatic carbocycles. The van der Waals surface area contributed by atoms with Gasteiger partial charge in [-0.1, -0.05) is 34.5 Å². The van der Waals surface area contributed by atoms with Crippen LogP contribution in [0.2, 0.25) is 10.0 Å². The number of amides is 1. The van der Waals surface area contributed by atoms with Crippen molar-refractivity contribution in [2.45, 2.75) is 0 Å². The summed E-state index contributed by atoms with van der Waals surface area (Å²) in [5.41, 5.74) is 1.49. The number of fused-ring (bicyclic) bond motifs is 1. The molecular formula is C22H15Cl2N3O5S2. The van der Waals surface area contributed by atoms with Gasteiger partial charge in [0.2, 0.25) is 0 Å². The second-order valence-electron chi connectivity index (χ2n) is 6.76. The smallest absolute Gasteiger partial charge is 0.316 e. The van der Waals surface area contributed by atoms with Crippen LogP contribution in [0, 0.1) is 0 Å².